The van der Waals surface area contributed by atoms with Crippen molar-refractivity contribution in [2.75, 3.05) is 13.1 Å². The van der Waals surface area contributed by atoms with Gasteiger partial charge in [-0.25, -0.2) is 0 Å². The quantitative estimate of drug-likeness (QED) is 0.718. The van der Waals surface area contributed by atoms with Crippen LogP contribution in [0.15, 0.2) is 18.5 Å². The highest BCUT2D eigenvalue weighted by molar-refractivity contribution is 5.25. The van der Waals surface area contributed by atoms with Gasteiger partial charge in [-0.05, 0) is 31.0 Å². The number of hydrogen-bond acceptors (Lipinski definition) is 3. The standard InChI is InChI=1S/C12H17N3/c1-3-4-6-15-12(8-13)11-9-14-7-5-10(11)2/h5,7,9,12,15H,6,8,13H2,1-2H3. The zero-order valence-corrected chi connectivity index (χ0v) is 9.25. The lowest BCUT2D eigenvalue weighted by Crippen LogP contribution is -2.29. The van der Waals surface area contributed by atoms with E-state index in [1.54, 1.807) is 6.20 Å². The normalized spacial score (nSPS) is 11.7. The van der Waals surface area contributed by atoms with E-state index in [2.05, 4.69) is 29.1 Å². The molecular weight excluding hydrogens is 186 g/mol. The molecule has 1 aromatic heterocycles. The third-order valence-electron chi connectivity index (χ3n) is 2.30. The first-order valence-corrected chi connectivity index (χ1v) is 5.03. The van der Waals surface area contributed by atoms with Crippen molar-refractivity contribution in [3.63, 3.8) is 0 Å². The molecule has 1 aromatic rings. The molecule has 3 nitrogen and oxygen atoms in total. The minimum absolute atomic E-state index is 0.138. The van der Waals surface area contributed by atoms with Gasteiger partial charge < -0.3 is 5.73 Å². The zero-order chi connectivity index (χ0) is 11.1. The maximum absolute atomic E-state index is 5.72. The van der Waals surface area contributed by atoms with Crippen LogP contribution in [0.2, 0.25) is 0 Å². The maximum atomic E-state index is 5.72. The van der Waals surface area contributed by atoms with Crippen LogP contribution >= 0.6 is 0 Å². The van der Waals surface area contributed by atoms with Crippen molar-refractivity contribution in [2.24, 2.45) is 5.73 Å². The first kappa shape index (κ1) is 11.7. The van der Waals surface area contributed by atoms with Gasteiger partial charge in [0.1, 0.15) is 0 Å². The zero-order valence-electron chi connectivity index (χ0n) is 9.25. The van der Waals surface area contributed by atoms with Gasteiger partial charge in [-0.2, -0.15) is 0 Å². The lowest BCUT2D eigenvalue weighted by molar-refractivity contribution is 0.577. The molecule has 0 fully saturated rings. The predicted octanol–water partition coefficient (Wildman–Crippen LogP) is 1.00. The topological polar surface area (TPSA) is 50.9 Å². The Kier molecular flexibility index (Phi) is 4.82. The van der Waals surface area contributed by atoms with Gasteiger partial charge in [0, 0.05) is 25.0 Å². The summed E-state index contributed by atoms with van der Waals surface area (Å²) in [5.41, 5.74) is 8.07. The summed E-state index contributed by atoms with van der Waals surface area (Å²) in [6.45, 7) is 5.10. The minimum Gasteiger partial charge on any atom is -0.329 e. The lowest BCUT2D eigenvalue weighted by Gasteiger charge is -2.17. The molecule has 0 aliphatic heterocycles. The molecule has 1 atom stereocenters. The second-order valence-corrected chi connectivity index (χ2v) is 3.33. The average molecular weight is 203 g/mol. The maximum Gasteiger partial charge on any atom is 0.0581 e. The van der Waals surface area contributed by atoms with Crippen molar-refractivity contribution in [3.8, 4) is 11.8 Å². The van der Waals surface area contributed by atoms with Crippen molar-refractivity contribution < 1.29 is 0 Å². The summed E-state index contributed by atoms with van der Waals surface area (Å²) in [7, 11) is 0. The summed E-state index contributed by atoms with van der Waals surface area (Å²) >= 11 is 0. The summed E-state index contributed by atoms with van der Waals surface area (Å²) in [6, 6.07) is 2.13. The van der Waals surface area contributed by atoms with Gasteiger partial charge in [0.25, 0.3) is 0 Å². The molecule has 0 saturated carbocycles. The number of rotatable bonds is 4. The molecule has 0 spiro atoms. The molecule has 0 bridgehead atoms. The number of nitrogens with zero attached hydrogens (tertiary/aromatic N) is 1. The van der Waals surface area contributed by atoms with Crippen LogP contribution < -0.4 is 11.1 Å². The first-order valence-electron chi connectivity index (χ1n) is 5.03. The van der Waals surface area contributed by atoms with Crippen LogP contribution in [0.5, 0.6) is 0 Å². The Labute approximate surface area is 91.1 Å². The number of aryl methyl sites for hydroxylation is 1. The van der Waals surface area contributed by atoms with Crippen molar-refractivity contribution in [1.29, 1.82) is 0 Å². The Morgan fingerprint density at radius 2 is 2.40 bits per heavy atom. The van der Waals surface area contributed by atoms with Crippen molar-refractivity contribution in [2.45, 2.75) is 19.9 Å². The SMILES string of the molecule is CC#CCNC(CN)c1cnccc1C. The van der Waals surface area contributed by atoms with Crippen LogP contribution in [0.4, 0.5) is 0 Å². The molecule has 80 valence electrons. The molecule has 0 aliphatic carbocycles. The fraction of sp³-hybridized carbons (Fsp3) is 0.417. The second kappa shape index (κ2) is 6.18. The van der Waals surface area contributed by atoms with Crippen molar-refractivity contribution in [3.05, 3.63) is 29.6 Å². The molecule has 0 aromatic carbocycles. The summed E-state index contributed by atoms with van der Waals surface area (Å²) in [4.78, 5) is 4.11. The van der Waals surface area contributed by atoms with E-state index in [1.165, 1.54) is 5.56 Å². The van der Waals surface area contributed by atoms with Gasteiger partial charge in [0.2, 0.25) is 0 Å². The molecule has 1 heterocycles. The number of hydrogen-bond donors (Lipinski definition) is 2. The van der Waals surface area contributed by atoms with E-state index < -0.39 is 0 Å². The molecule has 0 amide bonds. The molecular formula is C12H17N3. The minimum atomic E-state index is 0.138. The Morgan fingerprint density at radius 1 is 1.60 bits per heavy atom. The van der Waals surface area contributed by atoms with E-state index in [-0.39, 0.29) is 6.04 Å². The van der Waals surface area contributed by atoms with Gasteiger partial charge in [0.15, 0.2) is 0 Å². The second-order valence-electron chi connectivity index (χ2n) is 3.33. The van der Waals surface area contributed by atoms with Gasteiger partial charge >= 0.3 is 0 Å². The van der Waals surface area contributed by atoms with Crippen LogP contribution in [0, 0.1) is 18.8 Å². The van der Waals surface area contributed by atoms with Crippen LogP contribution in [-0.2, 0) is 0 Å². The molecule has 15 heavy (non-hydrogen) atoms. The molecule has 3 N–H and O–H groups in total. The molecule has 0 aliphatic rings. The molecule has 0 radical (unpaired) electrons. The third kappa shape index (κ3) is 3.35. The summed E-state index contributed by atoms with van der Waals surface area (Å²) in [5.74, 6) is 5.81. The van der Waals surface area contributed by atoms with E-state index in [0.29, 0.717) is 13.1 Å². The highest BCUT2D eigenvalue weighted by Crippen LogP contribution is 2.14. The molecule has 3 heteroatoms. The van der Waals surface area contributed by atoms with Crippen LogP contribution in [0.25, 0.3) is 0 Å². The van der Waals surface area contributed by atoms with Gasteiger partial charge in [0.05, 0.1) is 6.54 Å². The summed E-state index contributed by atoms with van der Waals surface area (Å²) in [5, 5.41) is 3.29. The van der Waals surface area contributed by atoms with Crippen LogP contribution in [-0.4, -0.2) is 18.1 Å². The summed E-state index contributed by atoms with van der Waals surface area (Å²) in [6.07, 6.45) is 3.65. The van der Waals surface area contributed by atoms with E-state index >= 15 is 0 Å². The average Bonchev–Trinajstić information content (AvgIpc) is 2.26. The van der Waals surface area contributed by atoms with Crippen LogP contribution in [0.1, 0.15) is 24.1 Å². The fourth-order valence-corrected chi connectivity index (χ4v) is 1.42. The van der Waals surface area contributed by atoms with Crippen LogP contribution in [0.3, 0.4) is 0 Å². The Balaban J connectivity index is 2.72. The van der Waals surface area contributed by atoms with Gasteiger partial charge in [-0.1, -0.05) is 5.92 Å². The van der Waals surface area contributed by atoms with Crippen molar-refractivity contribution >= 4 is 0 Å². The highest BCUT2D eigenvalue weighted by atomic mass is 14.9. The van der Waals surface area contributed by atoms with Gasteiger partial charge in [-0.15, -0.1) is 5.92 Å². The predicted molar refractivity (Wildman–Crippen MR) is 62.2 cm³/mol. The largest absolute Gasteiger partial charge is 0.329 e. The third-order valence-corrected chi connectivity index (χ3v) is 2.30. The van der Waals surface area contributed by atoms with E-state index in [0.717, 1.165) is 5.56 Å². The molecule has 1 unspecified atom stereocenters. The van der Waals surface area contributed by atoms with E-state index in [1.807, 2.05) is 19.2 Å². The molecule has 1 rings (SSSR count). The smallest absolute Gasteiger partial charge is 0.0581 e. The number of aromatic nitrogens is 1. The fourth-order valence-electron chi connectivity index (χ4n) is 1.42. The summed E-state index contributed by atoms with van der Waals surface area (Å²) < 4.78 is 0. The highest BCUT2D eigenvalue weighted by Gasteiger charge is 2.10. The number of pyridine rings is 1. The van der Waals surface area contributed by atoms with Crippen molar-refractivity contribution in [1.82, 2.24) is 10.3 Å². The Morgan fingerprint density at radius 3 is 3.00 bits per heavy atom. The lowest BCUT2D eigenvalue weighted by atomic mass is 10.0. The van der Waals surface area contributed by atoms with E-state index in [4.69, 9.17) is 5.73 Å². The Hall–Kier alpha value is -1.37. The van der Waals surface area contributed by atoms with E-state index in [9.17, 15) is 0 Å². The molecule has 0 saturated heterocycles. The first-order chi connectivity index (χ1) is 7.29. The number of nitrogens with one attached hydrogen (secondary N) is 1. The van der Waals surface area contributed by atoms with Gasteiger partial charge in [-0.3, -0.25) is 10.3 Å². The Bertz CT molecular complexity index is 363. The number of nitrogens with two attached hydrogens (primary N) is 1. The monoisotopic (exact) mass is 203 g/mol.